The molecule has 13 heavy (non-hydrogen) atoms. The highest BCUT2D eigenvalue weighted by Gasteiger charge is 2.07. The van der Waals surface area contributed by atoms with Crippen LogP contribution in [0, 0.1) is 0 Å². The monoisotopic (exact) mass is 240 g/mol. The molecule has 0 saturated heterocycles. The minimum absolute atomic E-state index is 0.226. The molecule has 0 saturated carbocycles. The Hall–Kier alpha value is -0.630. The lowest BCUT2D eigenvalue weighted by Gasteiger charge is -2.05. The van der Waals surface area contributed by atoms with Gasteiger partial charge in [-0.25, -0.2) is 0 Å². The Labute approximate surface area is 87.3 Å². The van der Waals surface area contributed by atoms with Crippen molar-refractivity contribution in [2.45, 2.75) is 26.7 Å². The van der Waals surface area contributed by atoms with Gasteiger partial charge >= 0.3 is 0 Å². The molecule has 1 aromatic rings. The maximum absolute atomic E-state index is 11.5. The number of rotatable bonds is 3. The first-order valence-electron chi connectivity index (χ1n) is 4.50. The van der Waals surface area contributed by atoms with Gasteiger partial charge in [-0.2, -0.15) is 0 Å². The van der Waals surface area contributed by atoms with E-state index in [9.17, 15) is 4.79 Å². The van der Waals surface area contributed by atoms with Gasteiger partial charge in [-0.1, -0.05) is 35.8 Å². The second kappa shape index (κ2) is 4.56. The van der Waals surface area contributed by atoms with E-state index in [0.717, 1.165) is 22.0 Å². The van der Waals surface area contributed by atoms with Crippen molar-refractivity contribution in [1.82, 2.24) is 0 Å². The Morgan fingerprint density at radius 1 is 1.38 bits per heavy atom. The van der Waals surface area contributed by atoms with Crippen LogP contribution in [0.1, 0.15) is 36.2 Å². The lowest BCUT2D eigenvalue weighted by atomic mass is 10.0. The molecule has 0 unspecified atom stereocenters. The van der Waals surface area contributed by atoms with Crippen LogP contribution in [0.5, 0.6) is 0 Å². The van der Waals surface area contributed by atoms with E-state index in [-0.39, 0.29) is 5.78 Å². The normalized spacial score (nSPS) is 10.1. The summed E-state index contributed by atoms with van der Waals surface area (Å²) < 4.78 is 1.04. The summed E-state index contributed by atoms with van der Waals surface area (Å²) in [5.41, 5.74) is 1.99. The number of carbonyl (C=O) groups is 1. The number of carbonyl (C=O) groups excluding carboxylic acids is 1. The lowest BCUT2D eigenvalue weighted by molar-refractivity contribution is 0.0987. The highest BCUT2D eigenvalue weighted by molar-refractivity contribution is 9.10. The summed E-state index contributed by atoms with van der Waals surface area (Å²) >= 11 is 3.40. The molecule has 70 valence electrons. The quantitative estimate of drug-likeness (QED) is 0.739. The fourth-order valence-corrected chi connectivity index (χ4v) is 1.73. The van der Waals surface area contributed by atoms with E-state index in [0.29, 0.717) is 6.42 Å². The Kier molecular flexibility index (Phi) is 3.67. The maximum atomic E-state index is 11.5. The van der Waals surface area contributed by atoms with E-state index in [1.807, 2.05) is 25.1 Å². The van der Waals surface area contributed by atoms with Gasteiger partial charge in [0.1, 0.15) is 0 Å². The molecule has 1 rings (SSSR count). The van der Waals surface area contributed by atoms with Crippen LogP contribution in [0.25, 0.3) is 0 Å². The van der Waals surface area contributed by atoms with Gasteiger partial charge in [0, 0.05) is 16.5 Å². The van der Waals surface area contributed by atoms with Crippen molar-refractivity contribution in [1.29, 1.82) is 0 Å². The van der Waals surface area contributed by atoms with Gasteiger partial charge in [-0.05, 0) is 24.1 Å². The molecule has 0 fully saturated rings. The first-order chi connectivity index (χ1) is 6.19. The first kappa shape index (κ1) is 10.5. The second-order valence-corrected chi connectivity index (χ2v) is 3.85. The van der Waals surface area contributed by atoms with Gasteiger partial charge in [0.25, 0.3) is 0 Å². The van der Waals surface area contributed by atoms with Crippen molar-refractivity contribution in [3.05, 3.63) is 33.8 Å². The predicted octanol–water partition coefficient (Wildman–Crippen LogP) is 3.60. The van der Waals surface area contributed by atoms with E-state index in [1.165, 1.54) is 0 Å². The van der Waals surface area contributed by atoms with E-state index < -0.39 is 0 Å². The van der Waals surface area contributed by atoms with Gasteiger partial charge in [0.05, 0.1) is 0 Å². The lowest BCUT2D eigenvalue weighted by Crippen LogP contribution is -2.01. The smallest absolute Gasteiger partial charge is 0.162 e. The van der Waals surface area contributed by atoms with E-state index in [1.54, 1.807) is 0 Å². The van der Waals surface area contributed by atoms with Crippen LogP contribution in [-0.2, 0) is 6.42 Å². The third-order valence-electron chi connectivity index (χ3n) is 2.07. The van der Waals surface area contributed by atoms with Crippen LogP contribution < -0.4 is 0 Å². The van der Waals surface area contributed by atoms with Gasteiger partial charge < -0.3 is 0 Å². The summed E-state index contributed by atoms with van der Waals surface area (Å²) in [4.78, 5) is 11.5. The largest absolute Gasteiger partial charge is 0.294 e. The molecule has 0 radical (unpaired) electrons. The summed E-state index contributed by atoms with van der Waals surface area (Å²) in [7, 11) is 0. The van der Waals surface area contributed by atoms with Crippen molar-refractivity contribution in [2.24, 2.45) is 0 Å². The second-order valence-electron chi connectivity index (χ2n) is 2.93. The number of Topliss-reactive ketones (excluding diaryl/α,β-unsaturated/α-hetero) is 1. The molecule has 0 atom stereocenters. The van der Waals surface area contributed by atoms with Gasteiger partial charge in [-0.3, -0.25) is 4.79 Å². The zero-order chi connectivity index (χ0) is 9.84. The maximum Gasteiger partial charge on any atom is 0.162 e. The van der Waals surface area contributed by atoms with Crippen LogP contribution >= 0.6 is 15.9 Å². The fraction of sp³-hybridized carbons (Fsp3) is 0.364. The summed E-state index contributed by atoms with van der Waals surface area (Å²) in [5.74, 6) is 0.226. The Bertz CT molecular complexity index is 318. The SMILES string of the molecule is CCC(=O)c1ccc(Br)cc1CC. The van der Waals surface area contributed by atoms with Crippen LogP contribution in [0.4, 0.5) is 0 Å². The molecule has 0 aliphatic rings. The van der Waals surface area contributed by atoms with Crippen molar-refractivity contribution >= 4 is 21.7 Å². The third kappa shape index (κ3) is 2.41. The average molecular weight is 241 g/mol. The highest BCUT2D eigenvalue weighted by Crippen LogP contribution is 2.18. The molecule has 0 bridgehead atoms. The fourth-order valence-electron chi connectivity index (χ4n) is 1.32. The van der Waals surface area contributed by atoms with Crippen LogP contribution in [0.2, 0.25) is 0 Å². The van der Waals surface area contributed by atoms with Crippen molar-refractivity contribution in [3.8, 4) is 0 Å². The molecule has 0 aliphatic heterocycles. The number of halogens is 1. The molecule has 0 spiro atoms. The first-order valence-corrected chi connectivity index (χ1v) is 5.30. The van der Waals surface area contributed by atoms with Crippen LogP contribution in [-0.4, -0.2) is 5.78 Å². The number of hydrogen-bond donors (Lipinski definition) is 0. The Morgan fingerprint density at radius 2 is 2.08 bits per heavy atom. The topological polar surface area (TPSA) is 17.1 Å². The summed E-state index contributed by atoms with van der Waals surface area (Å²) in [5, 5.41) is 0. The average Bonchev–Trinajstić information content (AvgIpc) is 2.16. The summed E-state index contributed by atoms with van der Waals surface area (Å²) in [6.07, 6.45) is 1.48. The standard InChI is InChI=1S/C11H13BrO/c1-3-8-7-9(12)5-6-10(8)11(13)4-2/h5-7H,3-4H2,1-2H3. The molecular formula is C11H13BrO. The molecule has 0 heterocycles. The predicted molar refractivity (Wildman–Crippen MR) is 58.1 cm³/mol. The minimum atomic E-state index is 0.226. The van der Waals surface area contributed by atoms with Crippen molar-refractivity contribution < 1.29 is 4.79 Å². The molecule has 0 aliphatic carbocycles. The highest BCUT2D eigenvalue weighted by atomic mass is 79.9. The number of aryl methyl sites for hydroxylation is 1. The zero-order valence-corrected chi connectivity index (χ0v) is 9.52. The summed E-state index contributed by atoms with van der Waals surface area (Å²) in [6, 6.07) is 5.83. The molecule has 0 aromatic heterocycles. The molecular weight excluding hydrogens is 228 g/mol. The minimum Gasteiger partial charge on any atom is -0.294 e. The molecule has 2 heteroatoms. The molecule has 0 N–H and O–H groups in total. The van der Waals surface area contributed by atoms with Gasteiger partial charge in [-0.15, -0.1) is 0 Å². The van der Waals surface area contributed by atoms with Crippen LogP contribution in [0.15, 0.2) is 22.7 Å². The third-order valence-corrected chi connectivity index (χ3v) is 2.56. The van der Waals surface area contributed by atoms with Crippen LogP contribution in [0.3, 0.4) is 0 Å². The number of hydrogen-bond acceptors (Lipinski definition) is 1. The molecule has 1 nitrogen and oxygen atoms in total. The Balaban J connectivity index is 3.13. The van der Waals surface area contributed by atoms with Crippen molar-refractivity contribution in [3.63, 3.8) is 0 Å². The Morgan fingerprint density at radius 3 is 2.62 bits per heavy atom. The van der Waals surface area contributed by atoms with E-state index >= 15 is 0 Å². The van der Waals surface area contributed by atoms with Gasteiger partial charge in [0.2, 0.25) is 0 Å². The zero-order valence-electron chi connectivity index (χ0n) is 7.93. The van der Waals surface area contributed by atoms with E-state index in [2.05, 4.69) is 22.9 Å². The molecule has 0 amide bonds. The summed E-state index contributed by atoms with van der Waals surface area (Å²) in [6.45, 7) is 3.96. The van der Waals surface area contributed by atoms with Crippen molar-refractivity contribution in [2.75, 3.05) is 0 Å². The molecule has 1 aromatic carbocycles. The number of ketones is 1. The van der Waals surface area contributed by atoms with Gasteiger partial charge in [0.15, 0.2) is 5.78 Å². The van der Waals surface area contributed by atoms with E-state index in [4.69, 9.17) is 0 Å². The number of benzene rings is 1.